The minimum Gasteiger partial charge on any atom is -0.468 e. The Kier molecular flexibility index (Phi) is 11.1. The molecule has 0 aromatic heterocycles. The lowest BCUT2D eigenvalue weighted by Crippen LogP contribution is -2.15. The molecular weight excluding hydrogens is 224 g/mol. The van der Waals surface area contributed by atoms with Crippen molar-refractivity contribution in [2.75, 3.05) is 7.11 Å². The summed E-state index contributed by atoms with van der Waals surface area (Å²) in [6.07, 6.45) is 10.9. The number of methoxy groups -OCH3 is 1. The summed E-state index contributed by atoms with van der Waals surface area (Å²) < 4.78 is 4.56. The van der Waals surface area contributed by atoms with Crippen molar-refractivity contribution in [1.29, 1.82) is 0 Å². The molecule has 0 aliphatic carbocycles. The van der Waals surface area contributed by atoms with Gasteiger partial charge >= 0.3 is 5.97 Å². The first kappa shape index (κ1) is 15.8. The van der Waals surface area contributed by atoms with Gasteiger partial charge in [-0.05, 0) is 6.42 Å². The van der Waals surface area contributed by atoms with E-state index in [-0.39, 0.29) is 5.97 Å². The standard InChI is InChI=1S/C13H25ClO2/c1-3-4-5-6-7-8-9-10-11-12(14)13(15)16-2/h12H,3-11H2,1-2H3. The van der Waals surface area contributed by atoms with Gasteiger partial charge in [-0.1, -0.05) is 58.3 Å². The summed E-state index contributed by atoms with van der Waals surface area (Å²) in [5.41, 5.74) is 0. The Balaban J connectivity index is 3.17. The van der Waals surface area contributed by atoms with E-state index in [2.05, 4.69) is 11.7 Å². The van der Waals surface area contributed by atoms with Crippen LogP contribution in [0.25, 0.3) is 0 Å². The largest absolute Gasteiger partial charge is 0.468 e. The normalized spacial score (nSPS) is 12.4. The highest BCUT2D eigenvalue weighted by Gasteiger charge is 2.14. The second-order valence-electron chi connectivity index (χ2n) is 4.25. The van der Waals surface area contributed by atoms with Gasteiger partial charge in [-0.15, -0.1) is 11.6 Å². The third kappa shape index (κ3) is 9.02. The topological polar surface area (TPSA) is 26.3 Å². The van der Waals surface area contributed by atoms with Crippen LogP contribution in [0, 0.1) is 0 Å². The predicted octanol–water partition coefficient (Wildman–Crippen LogP) is 4.30. The summed E-state index contributed by atoms with van der Waals surface area (Å²) in [6.45, 7) is 2.23. The van der Waals surface area contributed by atoms with Crippen LogP contribution < -0.4 is 0 Å². The maximum Gasteiger partial charge on any atom is 0.323 e. The van der Waals surface area contributed by atoms with Crippen molar-refractivity contribution in [1.82, 2.24) is 0 Å². The molecule has 0 saturated heterocycles. The molecule has 0 heterocycles. The molecule has 0 rings (SSSR count). The van der Waals surface area contributed by atoms with Crippen molar-refractivity contribution in [2.45, 2.75) is 70.1 Å². The number of halogens is 1. The maximum absolute atomic E-state index is 11.0. The molecule has 0 amide bonds. The molecule has 1 atom stereocenters. The number of unbranched alkanes of at least 4 members (excludes halogenated alkanes) is 7. The molecule has 0 saturated carbocycles. The van der Waals surface area contributed by atoms with E-state index in [0.717, 1.165) is 12.8 Å². The molecule has 2 nitrogen and oxygen atoms in total. The highest BCUT2D eigenvalue weighted by Crippen LogP contribution is 2.13. The molecule has 16 heavy (non-hydrogen) atoms. The third-order valence-electron chi connectivity index (χ3n) is 2.77. The van der Waals surface area contributed by atoms with Gasteiger partial charge in [0.05, 0.1) is 7.11 Å². The van der Waals surface area contributed by atoms with E-state index in [1.807, 2.05) is 0 Å². The zero-order chi connectivity index (χ0) is 12.2. The molecule has 3 heteroatoms. The van der Waals surface area contributed by atoms with Crippen LogP contribution in [0.15, 0.2) is 0 Å². The molecule has 0 fully saturated rings. The predicted molar refractivity (Wildman–Crippen MR) is 68.9 cm³/mol. The molecule has 0 spiro atoms. The zero-order valence-electron chi connectivity index (χ0n) is 10.6. The Labute approximate surface area is 105 Å². The molecule has 0 aliphatic rings. The van der Waals surface area contributed by atoms with Gasteiger partial charge in [0, 0.05) is 0 Å². The number of esters is 1. The van der Waals surface area contributed by atoms with Crippen LogP contribution in [0.2, 0.25) is 0 Å². The first-order chi connectivity index (χ1) is 7.72. The van der Waals surface area contributed by atoms with Gasteiger partial charge in [0.15, 0.2) is 0 Å². The van der Waals surface area contributed by atoms with Gasteiger partial charge in [-0.3, -0.25) is 4.79 Å². The van der Waals surface area contributed by atoms with Crippen LogP contribution in [0.1, 0.15) is 64.7 Å². The summed E-state index contributed by atoms with van der Waals surface area (Å²) in [4.78, 5) is 11.0. The second kappa shape index (κ2) is 11.3. The molecule has 0 aromatic carbocycles. The van der Waals surface area contributed by atoms with Crippen molar-refractivity contribution < 1.29 is 9.53 Å². The Morgan fingerprint density at radius 1 is 1.06 bits per heavy atom. The van der Waals surface area contributed by atoms with E-state index in [4.69, 9.17) is 11.6 Å². The first-order valence-corrected chi connectivity index (χ1v) is 6.88. The average Bonchev–Trinajstić information content (AvgIpc) is 2.31. The number of rotatable bonds is 10. The second-order valence-corrected chi connectivity index (χ2v) is 4.78. The van der Waals surface area contributed by atoms with Crippen LogP contribution in [0.3, 0.4) is 0 Å². The highest BCUT2D eigenvalue weighted by molar-refractivity contribution is 6.29. The van der Waals surface area contributed by atoms with E-state index in [1.54, 1.807) is 0 Å². The van der Waals surface area contributed by atoms with E-state index in [0.29, 0.717) is 0 Å². The molecule has 0 N–H and O–H groups in total. The van der Waals surface area contributed by atoms with Crippen molar-refractivity contribution in [3.63, 3.8) is 0 Å². The Morgan fingerprint density at radius 3 is 2.06 bits per heavy atom. The summed E-state index contributed by atoms with van der Waals surface area (Å²) in [6, 6.07) is 0. The Morgan fingerprint density at radius 2 is 1.56 bits per heavy atom. The zero-order valence-corrected chi connectivity index (χ0v) is 11.4. The molecule has 1 unspecified atom stereocenters. The van der Waals surface area contributed by atoms with Crippen molar-refractivity contribution in [2.24, 2.45) is 0 Å². The van der Waals surface area contributed by atoms with Crippen molar-refractivity contribution in [3.8, 4) is 0 Å². The van der Waals surface area contributed by atoms with E-state index >= 15 is 0 Å². The van der Waals surface area contributed by atoms with E-state index in [1.165, 1.54) is 52.1 Å². The van der Waals surface area contributed by atoms with Crippen molar-refractivity contribution in [3.05, 3.63) is 0 Å². The highest BCUT2D eigenvalue weighted by atomic mass is 35.5. The van der Waals surface area contributed by atoms with Crippen LogP contribution >= 0.6 is 11.6 Å². The minimum atomic E-state index is -0.454. The molecule has 96 valence electrons. The lowest BCUT2D eigenvalue weighted by atomic mass is 10.1. The number of carbonyl (C=O) groups excluding carboxylic acids is 1. The average molecular weight is 249 g/mol. The quantitative estimate of drug-likeness (QED) is 0.327. The lowest BCUT2D eigenvalue weighted by molar-refractivity contribution is -0.140. The minimum absolute atomic E-state index is 0.301. The van der Waals surface area contributed by atoms with Gasteiger partial charge in [-0.2, -0.15) is 0 Å². The first-order valence-electron chi connectivity index (χ1n) is 6.44. The van der Waals surface area contributed by atoms with Gasteiger partial charge in [0.25, 0.3) is 0 Å². The molecule has 0 aliphatic heterocycles. The fraction of sp³-hybridized carbons (Fsp3) is 0.923. The molecule has 0 bridgehead atoms. The summed E-state index contributed by atoms with van der Waals surface area (Å²) in [5.74, 6) is -0.301. The third-order valence-corrected chi connectivity index (χ3v) is 3.16. The van der Waals surface area contributed by atoms with Crippen LogP contribution in [-0.4, -0.2) is 18.5 Å². The number of ether oxygens (including phenoxy) is 1. The summed E-state index contributed by atoms with van der Waals surface area (Å²) in [7, 11) is 1.38. The maximum atomic E-state index is 11.0. The Hall–Kier alpha value is -0.240. The summed E-state index contributed by atoms with van der Waals surface area (Å²) >= 11 is 5.84. The Bertz CT molecular complexity index is 171. The van der Waals surface area contributed by atoms with Gasteiger partial charge < -0.3 is 4.74 Å². The number of alkyl halides is 1. The van der Waals surface area contributed by atoms with Crippen LogP contribution in [-0.2, 0) is 9.53 Å². The fourth-order valence-electron chi connectivity index (χ4n) is 1.70. The number of hydrogen-bond donors (Lipinski definition) is 0. The molecular formula is C13H25ClO2. The van der Waals surface area contributed by atoms with Gasteiger partial charge in [0.1, 0.15) is 5.38 Å². The van der Waals surface area contributed by atoms with E-state index in [9.17, 15) is 4.79 Å². The number of hydrogen-bond acceptors (Lipinski definition) is 2. The lowest BCUT2D eigenvalue weighted by Gasteiger charge is -2.06. The summed E-state index contributed by atoms with van der Waals surface area (Å²) in [5, 5.41) is -0.454. The SMILES string of the molecule is CCCCCCCCCCC(Cl)C(=O)OC. The van der Waals surface area contributed by atoms with Crippen LogP contribution in [0.4, 0.5) is 0 Å². The smallest absolute Gasteiger partial charge is 0.323 e. The van der Waals surface area contributed by atoms with Crippen molar-refractivity contribution >= 4 is 17.6 Å². The van der Waals surface area contributed by atoms with Gasteiger partial charge in [-0.25, -0.2) is 0 Å². The van der Waals surface area contributed by atoms with E-state index < -0.39 is 5.38 Å². The monoisotopic (exact) mass is 248 g/mol. The van der Waals surface area contributed by atoms with Crippen LogP contribution in [0.5, 0.6) is 0 Å². The number of carbonyl (C=O) groups is 1. The van der Waals surface area contributed by atoms with Gasteiger partial charge in [0.2, 0.25) is 0 Å². The fourth-order valence-corrected chi connectivity index (χ4v) is 1.95. The molecule has 0 radical (unpaired) electrons. The molecule has 0 aromatic rings.